The molecule has 0 amide bonds. The van der Waals surface area contributed by atoms with Gasteiger partial charge >= 0.3 is 5.97 Å². The van der Waals surface area contributed by atoms with E-state index in [-0.39, 0.29) is 12.6 Å². The summed E-state index contributed by atoms with van der Waals surface area (Å²) in [5.74, 6) is 0.317. The maximum Gasteiger partial charge on any atom is 0.344 e. The van der Waals surface area contributed by atoms with Crippen molar-refractivity contribution in [1.29, 1.82) is 0 Å². The van der Waals surface area contributed by atoms with Crippen molar-refractivity contribution in [2.45, 2.75) is 11.8 Å². The molecular weight excluding hydrogens is 238 g/mol. The van der Waals surface area contributed by atoms with Gasteiger partial charge in [0.2, 0.25) is 0 Å². The number of anilines is 1. The van der Waals surface area contributed by atoms with Gasteiger partial charge < -0.3 is 14.8 Å². The molecule has 0 spiro atoms. The van der Waals surface area contributed by atoms with E-state index in [2.05, 4.69) is 5.32 Å². The van der Waals surface area contributed by atoms with Gasteiger partial charge in [-0.3, -0.25) is 0 Å². The van der Waals surface area contributed by atoms with Crippen molar-refractivity contribution in [3.63, 3.8) is 0 Å². The Balaban J connectivity index is 2.63. The van der Waals surface area contributed by atoms with Gasteiger partial charge in [0.05, 0.1) is 6.61 Å². The molecule has 5 heteroatoms. The second-order valence-corrected chi connectivity index (χ2v) is 4.05. The third-order valence-corrected chi connectivity index (χ3v) is 2.88. The number of hydrogen-bond donors (Lipinski definition) is 1. The van der Waals surface area contributed by atoms with Crippen molar-refractivity contribution in [2.24, 2.45) is 0 Å². The second kappa shape index (κ2) is 7.06. The van der Waals surface area contributed by atoms with Crippen LogP contribution in [0.4, 0.5) is 5.69 Å². The van der Waals surface area contributed by atoms with Crippen molar-refractivity contribution in [2.75, 3.05) is 31.8 Å². The van der Waals surface area contributed by atoms with Crippen LogP contribution in [0.5, 0.6) is 5.75 Å². The fourth-order valence-corrected chi connectivity index (χ4v) is 1.94. The van der Waals surface area contributed by atoms with E-state index in [1.807, 2.05) is 31.5 Å². The van der Waals surface area contributed by atoms with E-state index in [4.69, 9.17) is 9.47 Å². The lowest BCUT2D eigenvalue weighted by molar-refractivity contribution is -0.145. The number of esters is 1. The van der Waals surface area contributed by atoms with Crippen LogP contribution in [0.1, 0.15) is 6.92 Å². The summed E-state index contributed by atoms with van der Waals surface area (Å²) >= 11 is 1.62. The minimum atomic E-state index is -0.351. The van der Waals surface area contributed by atoms with Crippen LogP contribution < -0.4 is 10.1 Å². The Kier molecular flexibility index (Phi) is 5.69. The molecule has 0 saturated carbocycles. The number of hydrogen-bond acceptors (Lipinski definition) is 5. The number of nitrogens with one attached hydrogen (secondary N) is 1. The van der Waals surface area contributed by atoms with Gasteiger partial charge in [0.15, 0.2) is 6.61 Å². The van der Waals surface area contributed by atoms with E-state index in [9.17, 15) is 4.79 Å². The zero-order chi connectivity index (χ0) is 12.7. The Morgan fingerprint density at radius 2 is 2.24 bits per heavy atom. The first-order valence-corrected chi connectivity index (χ1v) is 6.58. The molecule has 94 valence electrons. The first-order valence-electron chi connectivity index (χ1n) is 5.35. The van der Waals surface area contributed by atoms with Crippen molar-refractivity contribution in [3.8, 4) is 5.75 Å². The highest BCUT2D eigenvalue weighted by Gasteiger charge is 2.05. The summed E-state index contributed by atoms with van der Waals surface area (Å²) in [5, 5.41) is 3.09. The van der Waals surface area contributed by atoms with Crippen molar-refractivity contribution in [3.05, 3.63) is 18.2 Å². The van der Waals surface area contributed by atoms with E-state index in [0.717, 1.165) is 10.6 Å². The van der Waals surface area contributed by atoms with E-state index in [1.54, 1.807) is 18.7 Å². The van der Waals surface area contributed by atoms with Gasteiger partial charge in [-0.25, -0.2) is 4.79 Å². The first kappa shape index (κ1) is 13.7. The molecule has 0 atom stereocenters. The molecule has 0 unspecified atom stereocenters. The summed E-state index contributed by atoms with van der Waals surface area (Å²) in [6.45, 7) is 2.09. The van der Waals surface area contributed by atoms with Crippen LogP contribution in [0.3, 0.4) is 0 Å². The minimum Gasteiger partial charge on any atom is -0.482 e. The molecule has 0 aromatic heterocycles. The Morgan fingerprint density at radius 1 is 1.47 bits per heavy atom. The second-order valence-electron chi connectivity index (χ2n) is 3.21. The zero-order valence-corrected chi connectivity index (χ0v) is 11.1. The molecule has 0 radical (unpaired) electrons. The maximum absolute atomic E-state index is 11.1. The van der Waals surface area contributed by atoms with Crippen molar-refractivity contribution in [1.82, 2.24) is 0 Å². The minimum absolute atomic E-state index is 0.0550. The lowest BCUT2D eigenvalue weighted by Crippen LogP contribution is -2.14. The number of carbonyl (C=O) groups excluding carboxylic acids is 1. The number of thioether (sulfide) groups is 1. The van der Waals surface area contributed by atoms with Crippen LogP contribution in [-0.2, 0) is 9.53 Å². The Morgan fingerprint density at radius 3 is 2.82 bits per heavy atom. The molecule has 0 heterocycles. The highest BCUT2D eigenvalue weighted by Crippen LogP contribution is 2.29. The van der Waals surface area contributed by atoms with Crippen LogP contribution in [0.15, 0.2) is 23.1 Å². The molecule has 17 heavy (non-hydrogen) atoms. The molecule has 0 aliphatic carbocycles. The van der Waals surface area contributed by atoms with Crippen molar-refractivity contribution >= 4 is 23.4 Å². The summed E-state index contributed by atoms with van der Waals surface area (Å²) in [6.07, 6.45) is 1.99. The largest absolute Gasteiger partial charge is 0.482 e. The summed E-state index contributed by atoms with van der Waals surface area (Å²) < 4.78 is 10.1. The number of ether oxygens (including phenoxy) is 2. The number of rotatable bonds is 6. The Hall–Kier alpha value is -1.36. The molecule has 4 nitrogen and oxygen atoms in total. The SMILES string of the molecule is CCOC(=O)COc1ccc(NC)c(SC)c1. The quantitative estimate of drug-likeness (QED) is 0.624. The summed E-state index contributed by atoms with van der Waals surface area (Å²) in [4.78, 5) is 12.2. The summed E-state index contributed by atoms with van der Waals surface area (Å²) in [7, 11) is 1.87. The van der Waals surface area contributed by atoms with E-state index in [0.29, 0.717) is 12.4 Å². The standard InChI is InChI=1S/C12H17NO3S/c1-4-15-12(14)8-16-9-5-6-10(13-2)11(7-9)17-3/h5-7,13H,4,8H2,1-3H3. The molecule has 1 aromatic rings. The average Bonchev–Trinajstić information content (AvgIpc) is 2.36. The molecule has 0 bridgehead atoms. The van der Waals surface area contributed by atoms with Gasteiger partial charge in [-0.2, -0.15) is 0 Å². The monoisotopic (exact) mass is 255 g/mol. The van der Waals surface area contributed by atoms with Crippen LogP contribution in [0, 0.1) is 0 Å². The third-order valence-electron chi connectivity index (χ3n) is 2.10. The van der Waals surface area contributed by atoms with Gasteiger partial charge in [-0.1, -0.05) is 0 Å². The molecule has 0 fully saturated rings. The predicted octanol–water partition coefficient (Wildman–Crippen LogP) is 2.39. The highest BCUT2D eigenvalue weighted by molar-refractivity contribution is 7.98. The summed E-state index contributed by atoms with van der Waals surface area (Å²) in [6, 6.07) is 5.65. The smallest absolute Gasteiger partial charge is 0.344 e. The zero-order valence-electron chi connectivity index (χ0n) is 10.3. The molecule has 1 aromatic carbocycles. The fraction of sp³-hybridized carbons (Fsp3) is 0.417. The summed E-state index contributed by atoms with van der Waals surface area (Å²) in [5.41, 5.74) is 1.04. The van der Waals surface area contributed by atoms with Crippen LogP contribution >= 0.6 is 11.8 Å². The first-order chi connectivity index (χ1) is 8.21. The lowest BCUT2D eigenvalue weighted by Gasteiger charge is -2.10. The van der Waals surface area contributed by atoms with E-state index in [1.165, 1.54) is 0 Å². The van der Waals surface area contributed by atoms with Crippen LogP contribution in [0.25, 0.3) is 0 Å². The van der Waals surface area contributed by atoms with E-state index >= 15 is 0 Å². The van der Waals surface area contributed by atoms with Gasteiger partial charge in [0.1, 0.15) is 5.75 Å². The van der Waals surface area contributed by atoms with Gasteiger partial charge in [0, 0.05) is 17.6 Å². The van der Waals surface area contributed by atoms with Crippen LogP contribution in [-0.4, -0.2) is 32.5 Å². The molecule has 0 aliphatic heterocycles. The van der Waals surface area contributed by atoms with Gasteiger partial charge in [-0.15, -0.1) is 11.8 Å². The van der Waals surface area contributed by atoms with Crippen LogP contribution in [0.2, 0.25) is 0 Å². The molecule has 1 N–H and O–H groups in total. The number of carbonyl (C=O) groups is 1. The molecule has 1 rings (SSSR count). The topological polar surface area (TPSA) is 47.6 Å². The Bertz CT molecular complexity index is 382. The lowest BCUT2D eigenvalue weighted by atomic mass is 10.3. The average molecular weight is 255 g/mol. The number of benzene rings is 1. The fourth-order valence-electron chi connectivity index (χ4n) is 1.31. The molecular formula is C12H17NO3S. The molecule has 0 saturated heterocycles. The molecule has 0 aliphatic rings. The van der Waals surface area contributed by atoms with E-state index < -0.39 is 0 Å². The van der Waals surface area contributed by atoms with Crippen molar-refractivity contribution < 1.29 is 14.3 Å². The predicted molar refractivity (Wildman–Crippen MR) is 69.9 cm³/mol. The maximum atomic E-state index is 11.1. The van der Waals surface area contributed by atoms with Gasteiger partial charge in [-0.05, 0) is 31.4 Å². The normalized spacial score (nSPS) is 9.82. The van der Waals surface area contributed by atoms with Gasteiger partial charge in [0.25, 0.3) is 0 Å². The third kappa shape index (κ3) is 4.19. The Labute approximate surface area is 106 Å². The highest BCUT2D eigenvalue weighted by atomic mass is 32.2.